The SMILES string of the molecule is CN(C)CC1CN(C(=O)C2=COCCC2)c2ccccc2O1. The normalized spacial score (nSPS) is 20.8. The van der Waals surface area contributed by atoms with E-state index in [2.05, 4.69) is 4.90 Å². The number of carbonyl (C=O) groups is 1. The van der Waals surface area contributed by atoms with Crippen molar-refractivity contribution in [3.63, 3.8) is 0 Å². The maximum absolute atomic E-state index is 12.9. The Kier molecular flexibility index (Phi) is 4.34. The van der Waals surface area contributed by atoms with E-state index in [1.54, 1.807) is 6.26 Å². The van der Waals surface area contributed by atoms with Gasteiger partial charge in [-0.15, -0.1) is 0 Å². The van der Waals surface area contributed by atoms with Crippen molar-refractivity contribution >= 4 is 11.6 Å². The molecule has 0 aliphatic carbocycles. The van der Waals surface area contributed by atoms with Gasteiger partial charge < -0.3 is 19.3 Å². The molecule has 0 fully saturated rings. The Morgan fingerprint density at radius 3 is 2.91 bits per heavy atom. The lowest BCUT2D eigenvalue weighted by Gasteiger charge is -2.36. The second-order valence-electron chi connectivity index (χ2n) is 6.00. The molecule has 5 heteroatoms. The van der Waals surface area contributed by atoms with Crippen molar-refractivity contribution in [1.29, 1.82) is 0 Å². The Morgan fingerprint density at radius 1 is 1.36 bits per heavy atom. The van der Waals surface area contributed by atoms with Gasteiger partial charge in [0.05, 0.1) is 30.7 Å². The van der Waals surface area contributed by atoms with E-state index in [4.69, 9.17) is 9.47 Å². The van der Waals surface area contributed by atoms with E-state index in [9.17, 15) is 4.79 Å². The lowest BCUT2D eigenvalue weighted by molar-refractivity contribution is -0.116. The van der Waals surface area contributed by atoms with Gasteiger partial charge >= 0.3 is 0 Å². The minimum Gasteiger partial charge on any atom is -0.501 e. The van der Waals surface area contributed by atoms with Crippen LogP contribution < -0.4 is 9.64 Å². The molecule has 0 aromatic heterocycles. The predicted octanol–water partition coefficient (Wildman–Crippen LogP) is 2.04. The standard InChI is InChI=1S/C17H22N2O3/c1-18(2)10-14-11-19(15-7-3-4-8-16(15)22-14)17(20)13-6-5-9-21-12-13/h3-4,7-8,12,14H,5-6,9-11H2,1-2H3. The molecule has 1 unspecified atom stereocenters. The second-order valence-corrected chi connectivity index (χ2v) is 6.00. The predicted molar refractivity (Wildman–Crippen MR) is 85.0 cm³/mol. The minimum atomic E-state index is -0.0287. The smallest absolute Gasteiger partial charge is 0.257 e. The summed E-state index contributed by atoms with van der Waals surface area (Å²) in [5.74, 6) is 0.797. The zero-order chi connectivity index (χ0) is 15.5. The van der Waals surface area contributed by atoms with Gasteiger partial charge in [-0.05, 0) is 39.1 Å². The van der Waals surface area contributed by atoms with E-state index in [-0.39, 0.29) is 12.0 Å². The third-order valence-electron chi connectivity index (χ3n) is 3.86. The van der Waals surface area contributed by atoms with E-state index >= 15 is 0 Å². The number of fused-ring (bicyclic) bond motifs is 1. The summed E-state index contributed by atoms with van der Waals surface area (Å²) in [6.07, 6.45) is 3.26. The fourth-order valence-electron chi connectivity index (χ4n) is 2.89. The van der Waals surface area contributed by atoms with Gasteiger partial charge in [0.25, 0.3) is 5.91 Å². The molecule has 3 rings (SSSR count). The van der Waals surface area contributed by atoms with Gasteiger partial charge in [0.1, 0.15) is 11.9 Å². The highest BCUT2D eigenvalue weighted by Crippen LogP contribution is 2.34. The summed E-state index contributed by atoms with van der Waals surface area (Å²) in [6, 6.07) is 7.72. The van der Waals surface area contributed by atoms with Crippen molar-refractivity contribution < 1.29 is 14.3 Å². The molecule has 1 aromatic carbocycles. The average molecular weight is 302 g/mol. The Bertz CT molecular complexity index is 583. The lowest BCUT2D eigenvalue weighted by atomic mass is 10.1. The van der Waals surface area contributed by atoms with E-state index in [0.717, 1.165) is 36.4 Å². The highest BCUT2D eigenvalue weighted by molar-refractivity contribution is 6.06. The number of nitrogens with zero attached hydrogens (tertiary/aromatic N) is 2. The maximum Gasteiger partial charge on any atom is 0.257 e. The van der Waals surface area contributed by atoms with Crippen LogP contribution in [0.1, 0.15) is 12.8 Å². The Morgan fingerprint density at radius 2 is 2.18 bits per heavy atom. The van der Waals surface area contributed by atoms with Gasteiger partial charge in [-0.1, -0.05) is 12.1 Å². The van der Waals surface area contributed by atoms with Crippen molar-refractivity contribution in [3.8, 4) is 5.75 Å². The first kappa shape index (κ1) is 14.9. The molecule has 1 atom stereocenters. The molecular formula is C17H22N2O3. The molecule has 0 bridgehead atoms. The number of ether oxygens (including phenoxy) is 2. The molecule has 2 aliphatic rings. The van der Waals surface area contributed by atoms with Crippen LogP contribution >= 0.6 is 0 Å². The maximum atomic E-state index is 12.9. The summed E-state index contributed by atoms with van der Waals surface area (Å²) in [7, 11) is 4.01. The van der Waals surface area contributed by atoms with Crippen LogP contribution in [0.3, 0.4) is 0 Å². The molecule has 2 heterocycles. The molecule has 0 radical (unpaired) electrons. The summed E-state index contributed by atoms with van der Waals surface area (Å²) in [6.45, 7) is 2.03. The molecule has 0 saturated heterocycles. The van der Waals surface area contributed by atoms with Gasteiger partial charge in [-0.3, -0.25) is 4.79 Å². The number of hydrogen-bond donors (Lipinski definition) is 0. The van der Waals surface area contributed by atoms with Crippen LogP contribution in [0.15, 0.2) is 36.1 Å². The van der Waals surface area contributed by atoms with Gasteiger partial charge in [0.2, 0.25) is 0 Å². The zero-order valence-corrected chi connectivity index (χ0v) is 13.1. The van der Waals surface area contributed by atoms with Crippen LogP contribution in [-0.2, 0) is 9.53 Å². The molecule has 118 valence electrons. The molecule has 2 aliphatic heterocycles. The first-order valence-corrected chi connectivity index (χ1v) is 7.68. The Balaban J connectivity index is 1.87. The zero-order valence-electron chi connectivity index (χ0n) is 13.1. The van der Waals surface area contributed by atoms with Crippen LogP contribution in [0, 0.1) is 0 Å². The largest absolute Gasteiger partial charge is 0.501 e. The summed E-state index contributed by atoms with van der Waals surface area (Å²) in [5.41, 5.74) is 1.58. The minimum absolute atomic E-state index is 0.0270. The van der Waals surface area contributed by atoms with Gasteiger partial charge in [0, 0.05) is 6.54 Å². The van der Waals surface area contributed by atoms with Crippen molar-refractivity contribution in [2.45, 2.75) is 18.9 Å². The van der Waals surface area contributed by atoms with Crippen LogP contribution in [0.5, 0.6) is 5.75 Å². The fraction of sp³-hybridized carbons (Fsp3) is 0.471. The van der Waals surface area contributed by atoms with Crippen molar-refractivity contribution in [3.05, 3.63) is 36.1 Å². The third kappa shape index (κ3) is 3.09. The first-order valence-electron chi connectivity index (χ1n) is 7.68. The molecule has 0 N–H and O–H groups in total. The third-order valence-corrected chi connectivity index (χ3v) is 3.86. The quantitative estimate of drug-likeness (QED) is 0.857. The molecule has 0 saturated carbocycles. The monoisotopic (exact) mass is 302 g/mol. The molecule has 22 heavy (non-hydrogen) atoms. The van der Waals surface area contributed by atoms with E-state index in [0.29, 0.717) is 13.2 Å². The van der Waals surface area contributed by atoms with Gasteiger partial charge in [-0.25, -0.2) is 0 Å². The molecule has 1 aromatic rings. The van der Waals surface area contributed by atoms with Crippen LogP contribution in [0.25, 0.3) is 0 Å². The van der Waals surface area contributed by atoms with Crippen molar-refractivity contribution in [1.82, 2.24) is 4.90 Å². The number of likely N-dealkylation sites (N-methyl/N-ethyl adjacent to an activating group) is 1. The van der Waals surface area contributed by atoms with E-state index in [1.165, 1.54) is 0 Å². The highest BCUT2D eigenvalue weighted by Gasteiger charge is 2.31. The fourth-order valence-corrected chi connectivity index (χ4v) is 2.89. The number of carbonyl (C=O) groups excluding carboxylic acids is 1. The Hall–Kier alpha value is -2.01. The Labute approximate surface area is 131 Å². The molecule has 0 spiro atoms. The van der Waals surface area contributed by atoms with Crippen LogP contribution in [0.4, 0.5) is 5.69 Å². The number of amides is 1. The molecular weight excluding hydrogens is 280 g/mol. The van der Waals surface area contributed by atoms with Crippen LogP contribution in [-0.4, -0.2) is 50.7 Å². The van der Waals surface area contributed by atoms with Gasteiger partial charge in [0.15, 0.2) is 0 Å². The first-order chi connectivity index (χ1) is 10.6. The van der Waals surface area contributed by atoms with E-state index in [1.807, 2.05) is 43.3 Å². The average Bonchev–Trinajstić information content (AvgIpc) is 2.53. The summed E-state index contributed by atoms with van der Waals surface area (Å²) >= 11 is 0. The van der Waals surface area contributed by atoms with Crippen molar-refractivity contribution in [2.75, 3.05) is 38.7 Å². The lowest BCUT2D eigenvalue weighted by Crippen LogP contribution is -2.48. The molecule has 1 amide bonds. The van der Waals surface area contributed by atoms with Crippen LogP contribution in [0.2, 0.25) is 0 Å². The number of para-hydroxylation sites is 2. The summed E-state index contributed by atoms with van der Waals surface area (Å²) in [4.78, 5) is 16.8. The van der Waals surface area contributed by atoms with Gasteiger partial charge in [-0.2, -0.15) is 0 Å². The summed E-state index contributed by atoms with van der Waals surface area (Å²) < 4.78 is 11.3. The topological polar surface area (TPSA) is 42.0 Å². The second kappa shape index (κ2) is 6.40. The highest BCUT2D eigenvalue weighted by atomic mass is 16.5. The van der Waals surface area contributed by atoms with Crippen molar-refractivity contribution in [2.24, 2.45) is 0 Å². The number of benzene rings is 1. The molecule has 5 nitrogen and oxygen atoms in total. The number of hydrogen-bond acceptors (Lipinski definition) is 4. The van der Waals surface area contributed by atoms with E-state index < -0.39 is 0 Å². The number of anilines is 1. The number of rotatable bonds is 3. The summed E-state index contributed by atoms with van der Waals surface area (Å²) in [5, 5.41) is 0.